The minimum absolute atomic E-state index is 0.225. The van der Waals surface area contributed by atoms with Crippen LogP contribution in [0.15, 0.2) is 16.7 Å². The molecule has 6 heteroatoms. The van der Waals surface area contributed by atoms with Crippen LogP contribution in [0, 0.1) is 13.8 Å². The number of hydrogen-bond acceptors (Lipinski definition) is 5. The van der Waals surface area contributed by atoms with E-state index in [2.05, 4.69) is 15.5 Å². The minimum atomic E-state index is -0.225. The molecule has 0 unspecified atom stereocenters. The SMILES string of the molecule is Cc1nnc(NC(=O)c2ccoc2C)s1. The Balaban J connectivity index is 2.14. The number of anilines is 1. The maximum Gasteiger partial charge on any atom is 0.261 e. The quantitative estimate of drug-likeness (QED) is 0.845. The van der Waals surface area contributed by atoms with Crippen LogP contribution in [0.1, 0.15) is 21.1 Å². The van der Waals surface area contributed by atoms with E-state index in [0.717, 1.165) is 5.01 Å². The van der Waals surface area contributed by atoms with Gasteiger partial charge in [0.15, 0.2) is 0 Å². The van der Waals surface area contributed by atoms with Crippen molar-refractivity contribution in [3.05, 3.63) is 28.7 Å². The number of aromatic nitrogens is 2. The molecule has 0 aromatic carbocycles. The number of nitrogens with zero attached hydrogens (tertiary/aromatic N) is 2. The van der Waals surface area contributed by atoms with Gasteiger partial charge in [-0.15, -0.1) is 10.2 Å². The van der Waals surface area contributed by atoms with E-state index in [-0.39, 0.29) is 5.91 Å². The predicted molar refractivity (Wildman–Crippen MR) is 56.0 cm³/mol. The third kappa shape index (κ3) is 2.04. The lowest BCUT2D eigenvalue weighted by atomic mass is 10.2. The largest absolute Gasteiger partial charge is 0.469 e. The van der Waals surface area contributed by atoms with Crippen molar-refractivity contribution in [3.63, 3.8) is 0 Å². The van der Waals surface area contributed by atoms with Crippen molar-refractivity contribution in [1.29, 1.82) is 0 Å². The molecule has 2 aromatic rings. The average molecular weight is 223 g/mol. The molecule has 5 nitrogen and oxygen atoms in total. The average Bonchev–Trinajstić information content (AvgIpc) is 2.75. The number of amides is 1. The fourth-order valence-corrected chi connectivity index (χ4v) is 1.72. The molecule has 2 aromatic heterocycles. The van der Waals surface area contributed by atoms with Crippen molar-refractivity contribution >= 4 is 22.4 Å². The maximum atomic E-state index is 11.7. The first-order valence-electron chi connectivity index (χ1n) is 4.32. The molecule has 2 rings (SSSR count). The van der Waals surface area contributed by atoms with Crippen LogP contribution in [0.3, 0.4) is 0 Å². The second-order valence-corrected chi connectivity index (χ2v) is 4.15. The molecule has 1 N–H and O–H groups in total. The predicted octanol–water partition coefficient (Wildman–Crippen LogP) is 2.00. The van der Waals surface area contributed by atoms with E-state index in [9.17, 15) is 4.79 Å². The molecule has 1 amide bonds. The van der Waals surface area contributed by atoms with E-state index >= 15 is 0 Å². The Labute approximate surface area is 90.1 Å². The summed E-state index contributed by atoms with van der Waals surface area (Å²) in [6.07, 6.45) is 1.48. The molecule has 0 saturated carbocycles. The Bertz CT molecular complexity index is 489. The summed E-state index contributed by atoms with van der Waals surface area (Å²) in [7, 11) is 0. The summed E-state index contributed by atoms with van der Waals surface area (Å²) in [6, 6.07) is 1.62. The Kier molecular flexibility index (Phi) is 2.51. The van der Waals surface area contributed by atoms with Crippen LogP contribution >= 0.6 is 11.3 Å². The van der Waals surface area contributed by atoms with Gasteiger partial charge in [0.25, 0.3) is 5.91 Å². The zero-order valence-electron chi connectivity index (χ0n) is 8.27. The van der Waals surface area contributed by atoms with Crippen molar-refractivity contribution < 1.29 is 9.21 Å². The molecule has 0 aliphatic carbocycles. The van der Waals surface area contributed by atoms with E-state index in [4.69, 9.17) is 4.42 Å². The lowest BCUT2D eigenvalue weighted by molar-refractivity contribution is 0.102. The van der Waals surface area contributed by atoms with Gasteiger partial charge in [-0.3, -0.25) is 10.1 Å². The second kappa shape index (κ2) is 3.82. The van der Waals surface area contributed by atoms with E-state index < -0.39 is 0 Å². The highest BCUT2D eigenvalue weighted by Crippen LogP contribution is 2.16. The van der Waals surface area contributed by atoms with Gasteiger partial charge in [-0.2, -0.15) is 0 Å². The zero-order chi connectivity index (χ0) is 10.8. The van der Waals surface area contributed by atoms with Crippen LogP contribution in [0.4, 0.5) is 5.13 Å². The van der Waals surface area contributed by atoms with Crippen LogP contribution in [-0.2, 0) is 0 Å². The van der Waals surface area contributed by atoms with Crippen molar-refractivity contribution in [2.24, 2.45) is 0 Å². The van der Waals surface area contributed by atoms with Crippen molar-refractivity contribution in [2.75, 3.05) is 5.32 Å². The van der Waals surface area contributed by atoms with E-state index in [1.54, 1.807) is 13.0 Å². The molecule has 0 atom stereocenters. The number of nitrogens with one attached hydrogen (secondary N) is 1. The fraction of sp³-hybridized carbons (Fsp3) is 0.222. The molecular formula is C9H9N3O2S. The monoisotopic (exact) mass is 223 g/mol. The summed E-state index contributed by atoms with van der Waals surface area (Å²) in [5, 5.41) is 11.6. The first-order chi connectivity index (χ1) is 7.16. The smallest absolute Gasteiger partial charge is 0.261 e. The Hall–Kier alpha value is -1.69. The third-order valence-corrected chi connectivity index (χ3v) is 2.60. The number of aryl methyl sites for hydroxylation is 2. The molecule has 0 spiro atoms. The Morgan fingerprint density at radius 2 is 2.27 bits per heavy atom. The number of hydrogen-bond donors (Lipinski definition) is 1. The van der Waals surface area contributed by atoms with Gasteiger partial charge in [-0.05, 0) is 19.9 Å². The Morgan fingerprint density at radius 1 is 1.47 bits per heavy atom. The zero-order valence-corrected chi connectivity index (χ0v) is 9.09. The van der Waals surface area contributed by atoms with Crippen molar-refractivity contribution in [2.45, 2.75) is 13.8 Å². The highest BCUT2D eigenvalue weighted by Gasteiger charge is 2.13. The van der Waals surface area contributed by atoms with E-state index in [1.807, 2.05) is 6.92 Å². The van der Waals surface area contributed by atoms with Gasteiger partial charge < -0.3 is 4.42 Å². The molecular weight excluding hydrogens is 214 g/mol. The van der Waals surface area contributed by atoms with E-state index in [0.29, 0.717) is 16.5 Å². The summed E-state index contributed by atoms with van der Waals surface area (Å²) < 4.78 is 5.04. The molecule has 0 radical (unpaired) electrons. The lowest BCUT2D eigenvalue weighted by Gasteiger charge is -1.97. The second-order valence-electron chi connectivity index (χ2n) is 2.97. The molecule has 0 bridgehead atoms. The molecule has 0 aliphatic heterocycles. The van der Waals surface area contributed by atoms with Crippen molar-refractivity contribution in [3.8, 4) is 0 Å². The fourth-order valence-electron chi connectivity index (χ4n) is 1.13. The summed E-state index contributed by atoms with van der Waals surface area (Å²) in [6.45, 7) is 3.57. The highest BCUT2D eigenvalue weighted by molar-refractivity contribution is 7.15. The van der Waals surface area contributed by atoms with Gasteiger partial charge in [0.2, 0.25) is 5.13 Å². The maximum absolute atomic E-state index is 11.7. The normalized spacial score (nSPS) is 10.3. The molecule has 0 saturated heterocycles. The summed E-state index contributed by atoms with van der Waals surface area (Å²) in [5.74, 6) is 0.367. The van der Waals surface area contributed by atoms with Crippen LogP contribution in [0.2, 0.25) is 0 Å². The van der Waals surface area contributed by atoms with Gasteiger partial charge in [-0.1, -0.05) is 11.3 Å². The first kappa shape index (κ1) is 9.85. The molecule has 0 aliphatic rings. The highest BCUT2D eigenvalue weighted by atomic mass is 32.1. The lowest BCUT2D eigenvalue weighted by Crippen LogP contribution is -2.11. The van der Waals surface area contributed by atoms with Crippen LogP contribution < -0.4 is 5.32 Å². The summed E-state index contributed by atoms with van der Waals surface area (Å²) in [5.41, 5.74) is 0.517. The molecule has 78 valence electrons. The first-order valence-corrected chi connectivity index (χ1v) is 5.14. The van der Waals surface area contributed by atoms with Gasteiger partial charge in [0.1, 0.15) is 10.8 Å². The molecule has 2 heterocycles. The van der Waals surface area contributed by atoms with E-state index in [1.165, 1.54) is 17.6 Å². The molecule has 0 fully saturated rings. The van der Waals surface area contributed by atoms with Gasteiger partial charge >= 0.3 is 0 Å². The number of rotatable bonds is 2. The van der Waals surface area contributed by atoms with Crippen LogP contribution in [-0.4, -0.2) is 16.1 Å². The van der Waals surface area contributed by atoms with Gasteiger partial charge in [-0.25, -0.2) is 0 Å². The van der Waals surface area contributed by atoms with Gasteiger partial charge in [0, 0.05) is 0 Å². The molecule has 15 heavy (non-hydrogen) atoms. The van der Waals surface area contributed by atoms with Crippen LogP contribution in [0.25, 0.3) is 0 Å². The van der Waals surface area contributed by atoms with Crippen molar-refractivity contribution in [1.82, 2.24) is 10.2 Å². The topological polar surface area (TPSA) is 68.0 Å². The van der Waals surface area contributed by atoms with Gasteiger partial charge in [0.05, 0.1) is 11.8 Å². The Morgan fingerprint density at radius 3 is 2.80 bits per heavy atom. The number of carbonyl (C=O) groups is 1. The minimum Gasteiger partial charge on any atom is -0.469 e. The summed E-state index contributed by atoms with van der Waals surface area (Å²) >= 11 is 1.33. The summed E-state index contributed by atoms with van der Waals surface area (Å²) in [4.78, 5) is 11.7. The number of furan rings is 1. The third-order valence-electron chi connectivity index (χ3n) is 1.85. The number of carbonyl (C=O) groups excluding carboxylic acids is 1. The standard InChI is InChI=1S/C9H9N3O2S/c1-5-7(3-4-14-5)8(13)10-9-12-11-6(2)15-9/h3-4H,1-2H3,(H,10,12,13). The van der Waals surface area contributed by atoms with Crippen LogP contribution in [0.5, 0.6) is 0 Å².